The smallest absolute Gasteiger partial charge is 0.224 e. The maximum atomic E-state index is 13.3. The van der Waals surface area contributed by atoms with Gasteiger partial charge in [0, 0.05) is 23.8 Å². The van der Waals surface area contributed by atoms with Crippen molar-refractivity contribution in [2.45, 2.75) is 44.2 Å². The predicted molar refractivity (Wildman–Crippen MR) is 125 cm³/mol. The first kappa shape index (κ1) is 22.0. The molecule has 0 radical (unpaired) electrons. The second-order valence-corrected chi connectivity index (χ2v) is 8.37. The Labute approximate surface area is 191 Å². The number of benzene rings is 2. The quantitative estimate of drug-likeness (QED) is 0.464. The molecule has 1 aliphatic rings. The first-order chi connectivity index (χ1) is 15.5. The lowest BCUT2D eigenvalue weighted by atomic mass is 9.91. The number of nitrogens with one attached hydrogen (secondary N) is 3. The van der Waals surface area contributed by atoms with E-state index in [1.807, 2.05) is 36.4 Å². The number of aromatic nitrogens is 2. The predicted octanol–water partition coefficient (Wildman–Crippen LogP) is 5.09. The van der Waals surface area contributed by atoms with E-state index >= 15 is 0 Å². The summed E-state index contributed by atoms with van der Waals surface area (Å²) in [5.41, 5.74) is 1.67. The van der Waals surface area contributed by atoms with Crippen LogP contribution in [0.15, 0.2) is 60.9 Å². The van der Waals surface area contributed by atoms with Crippen LogP contribution in [0.1, 0.15) is 31.2 Å². The van der Waals surface area contributed by atoms with Crippen LogP contribution >= 0.6 is 11.6 Å². The minimum absolute atomic E-state index is 0.0509. The number of nitrogens with zero attached hydrogens (tertiary/aromatic N) is 2. The number of amides is 1. The van der Waals surface area contributed by atoms with Crippen LogP contribution in [-0.4, -0.2) is 28.0 Å². The van der Waals surface area contributed by atoms with E-state index in [1.54, 1.807) is 6.07 Å². The fourth-order valence-corrected chi connectivity index (χ4v) is 4.06. The Hall–Kier alpha value is -3.19. The van der Waals surface area contributed by atoms with Crippen LogP contribution in [0.25, 0.3) is 0 Å². The van der Waals surface area contributed by atoms with E-state index in [1.165, 1.54) is 18.5 Å². The second kappa shape index (κ2) is 10.4. The molecule has 1 fully saturated rings. The van der Waals surface area contributed by atoms with Crippen molar-refractivity contribution in [3.8, 4) is 0 Å². The first-order valence-corrected chi connectivity index (χ1v) is 11.1. The third-order valence-electron chi connectivity index (χ3n) is 5.51. The van der Waals surface area contributed by atoms with E-state index in [9.17, 15) is 9.18 Å². The number of carbonyl (C=O) groups excluding carboxylic acids is 1. The summed E-state index contributed by atoms with van der Waals surface area (Å²) in [4.78, 5) is 20.8. The minimum atomic E-state index is -0.464. The SMILES string of the molecule is O=C(Cc1ccccc1)NC1CCC(Nc2cc(Nc3ccc(F)c(Cl)c3)ncn2)CC1. The van der Waals surface area contributed by atoms with Gasteiger partial charge < -0.3 is 16.0 Å². The second-order valence-electron chi connectivity index (χ2n) is 7.97. The van der Waals surface area contributed by atoms with Gasteiger partial charge in [0.25, 0.3) is 0 Å². The fourth-order valence-electron chi connectivity index (χ4n) is 3.88. The molecule has 2 aromatic carbocycles. The number of hydrogen-bond donors (Lipinski definition) is 3. The molecular formula is C24H25ClFN5O. The molecule has 32 heavy (non-hydrogen) atoms. The molecule has 1 aliphatic carbocycles. The van der Waals surface area contributed by atoms with E-state index in [-0.39, 0.29) is 23.0 Å². The summed E-state index contributed by atoms with van der Waals surface area (Å²) in [7, 11) is 0. The van der Waals surface area contributed by atoms with Crippen molar-refractivity contribution >= 4 is 34.8 Å². The minimum Gasteiger partial charge on any atom is -0.367 e. The molecule has 8 heteroatoms. The van der Waals surface area contributed by atoms with Crippen LogP contribution in [0.2, 0.25) is 5.02 Å². The molecule has 0 atom stereocenters. The molecule has 1 saturated carbocycles. The fraction of sp³-hybridized carbons (Fsp3) is 0.292. The number of carbonyl (C=O) groups is 1. The van der Waals surface area contributed by atoms with E-state index in [0.717, 1.165) is 31.2 Å². The van der Waals surface area contributed by atoms with Gasteiger partial charge in [-0.2, -0.15) is 0 Å². The number of hydrogen-bond acceptors (Lipinski definition) is 5. The molecular weight excluding hydrogens is 429 g/mol. The summed E-state index contributed by atoms with van der Waals surface area (Å²) in [5, 5.41) is 9.77. The van der Waals surface area contributed by atoms with Crippen molar-refractivity contribution in [1.29, 1.82) is 0 Å². The van der Waals surface area contributed by atoms with Gasteiger partial charge in [-0.3, -0.25) is 4.79 Å². The van der Waals surface area contributed by atoms with Crippen LogP contribution in [-0.2, 0) is 11.2 Å². The highest BCUT2D eigenvalue weighted by molar-refractivity contribution is 6.31. The number of halogens is 2. The van der Waals surface area contributed by atoms with Crippen LogP contribution in [0.4, 0.5) is 21.7 Å². The monoisotopic (exact) mass is 453 g/mol. The molecule has 1 amide bonds. The summed E-state index contributed by atoms with van der Waals surface area (Å²) < 4.78 is 13.3. The first-order valence-electron chi connectivity index (χ1n) is 10.7. The van der Waals surface area contributed by atoms with Crippen molar-refractivity contribution in [2.75, 3.05) is 10.6 Å². The van der Waals surface area contributed by atoms with Gasteiger partial charge in [0.2, 0.25) is 5.91 Å². The Morgan fingerprint density at radius 3 is 2.44 bits per heavy atom. The molecule has 4 rings (SSSR count). The third kappa shape index (κ3) is 6.17. The van der Waals surface area contributed by atoms with Gasteiger partial charge in [-0.05, 0) is 49.4 Å². The lowest BCUT2D eigenvalue weighted by Gasteiger charge is -2.30. The summed E-state index contributed by atoms with van der Waals surface area (Å²) in [6.45, 7) is 0. The van der Waals surface area contributed by atoms with Crippen molar-refractivity contribution < 1.29 is 9.18 Å². The van der Waals surface area contributed by atoms with Crippen LogP contribution in [0.5, 0.6) is 0 Å². The summed E-state index contributed by atoms with van der Waals surface area (Å²) >= 11 is 5.84. The Morgan fingerprint density at radius 2 is 1.69 bits per heavy atom. The third-order valence-corrected chi connectivity index (χ3v) is 5.80. The summed E-state index contributed by atoms with van der Waals surface area (Å²) in [5.74, 6) is 0.911. The van der Waals surface area contributed by atoms with Gasteiger partial charge in [0.15, 0.2) is 0 Å². The van der Waals surface area contributed by atoms with E-state index in [0.29, 0.717) is 23.7 Å². The molecule has 0 spiro atoms. The normalized spacial score (nSPS) is 18.1. The molecule has 0 unspecified atom stereocenters. The number of anilines is 3. The van der Waals surface area contributed by atoms with Crippen LogP contribution in [0.3, 0.4) is 0 Å². The molecule has 166 valence electrons. The van der Waals surface area contributed by atoms with E-state index < -0.39 is 5.82 Å². The Morgan fingerprint density at radius 1 is 0.969 bits per heavy atom. The number of rotatable bonds is 7. The highest BCUT2D eigenvalue weighted by Crippen LogP contribution is 2.25. The standard InChI is InChI=1S/C24H25ClFN5O/c25-20-13-19(10-11-21(20)26)30-23-14-22(27-15-28-23)29-17-6-8-18(9-7-17)31-24(32)12-16-4-2-1-3-5-16/h1-5,10-11,13-15,17-18H,6-9,12H2,(H,31,32)(H2,27,28,29,30). The van der Waals surface area contributed by atoms with Crippen molar-refractivity contribution in [3.63, 3.8) is 0 Å². The van der Waals surface area contributed by atoms with Crippen molar-refractivity contribution in [2.24, 2.45) is 0 Å². The Bertz CT molecular complexity index is 1060. The highest BCUT2D eigenvalue weighted by atomic mass is 35.5. The zero-order valence-electron chi connectivity index (χ0n) is 17.5. The maximum absolute atomic E-state index is 13.3. The van der Waals surface area contributed by atoms with E-state index in [2.05, 4.69) is 25.9 Å². The Balaban J connectivity index is 1.25. The van der Waals surface area contributed by atoms with Gasteiger partial charge in [-0.1, -0.05) is 41.9 Å². The molecule has 3 N–H and O–H groups in total. The lowest BCUT2D eigenvalue weighted by molar-refractivity contribution is -0.121. The zero-order chi connectivity index (χ0) is 22.3. The van der Waals surface area contributed by atoms with Gasteiger partial charge in [0.05, 0.1) is 11.4 Å². The average Bonchev–Trinajstić information content (AvgIpc) is 2.79. The van der Waals surface area contributed by atoms with Gasteiger partial charge in [-0.15, -0.1) is 0 Å². The van der Waals surface area contributed by atoms with Crippen molar-refractivity contribution in [1.82, 2.24) is 15.3 Å². The highest BCUT2D eigenvalue weighted by Gasteiger charge is 2.22. The molecule has 1 aromatic heterocycles. The van der Waals surface area contributed by atoms with Crippen LogP contribution < -0.4 is 16.0 Å². The van der Waals surface area contributed by atoms with Gasteiger partial charge in [-0.25, -0.2) is 14.4 Å². The van der Waals surface area contributed by atoms with E-state index in [4.69, 9.17) is 11.6 Å². The van der Waals surface area contributed by atoms with Crippen LogP contribution in [0, 0.1) is 5.82 Å². The molecule has 0 saturated heterocycles. The average molecular weight is 454 g/mol. The molecule has 3 aromatic rings. The van der Waals surface area contributed by atoms with Gasteiger partial charge >= 0.3 is 0 Å². The largest absolute Gasteiger partial charge is 0.367 e. The maximum Gasteiger partial charge on any atom is 0.224 e. The molecule has 6 nitrogen and oxygen atoms in total. The lowest BCUT2D eigenvalue weighted by Crippen LogP contribution is -2.40. The van der Waals surface area contributed by atoms with Gasteiger partial charge in [0.1, 0.15) is 23.8 Å². The molecule has 0 bridgehead atoms. The molecule has 0 aliphatic heterocycles. The summed E-state index contributed by atoms with van der Waals surface area (Å²) in [6, 6.07) is 16.5. The molecule has 1 heterocycles. The Kier molecular flexibility index (Phi) is 7.17. The topological polar surface area (TPSA) is 78.9 Å². The summed E-state index contributed by atoms with van der Waals surface area (Å²) in [6.07, 6.45) is 5.61. The zero-order valence-corrected chi connectivity index (χ0v) is 18.3. The van der Waals surface area contributed by atoms with Crippen molar-refractivity contribution in [3.05, 3.63) is 77.3 Å².